The molecule has 23 heavy (non-hydrogen) atoms. The number of anilines is 1. The summed E-state index contributed by atoms with van der Waals surface area (Å²) >= 11 is 0. The molecule has 2 heterocycles. The van der Waals surface area contributed by atoms with Crippen molar-refractivity contribution in [1.29, 1.82) is 0 Å². The van der Waals surface area contributed by atoms with Gasteiger partial charge in [0.15, 0.2) is 0 Å². The lowest BCUT2D eigenvalue weighted by atomic mass is 9.87. The smallest absolute Gasteiger partial charge is 0.270 e. The Bertz CT molecular complexity index is 756. The van der Waals surface area contributed by atoms with Crippen molar-refractivity contribution in [3.8, 4) is 0 Å². The number of rotatable bonds is 2. The molecular weight excluding hydrogens is 286 g/mol. The maximum absolute atomic E-state index is 12.6. The standard InChI is InChI=1S/C19H21N3O/c1-22-12-11-14-9-10-17(20-18(14)22)19(23)21-16-8-4-6-13-5-2-3-7-15(13)16/h2-3,5,7,9-10,16H,4,6,8,11-12H2,1H3,(H,21,23). The second-order valence-corrected chi connectivity index (χ2v) is 6.47. The number of nitrogens with one attached hydrogen (secondary N) is 1. The maximum Gasteiger partial charge on any atom is 0.270 e. The zero-order valence-electron chi connectivity index (χ0n) is 13.4. The van der Waals surface area contributed by atoms with Gasteiger partial charge in [-0.1, -0.05) is 30.3 Å². The van der Waals surface area contributed by atoms with Crippen LogP contribution in [0.5, 0.6) is 0 Å². The number of amides is 1. The van der Waals surface area contributed by atoms with Crippen LogP contribution in [0.25, 0.3) is 0 Å². The highest BCUT2D eigenvalue weighted by Gasteiger charge is 2.24. The minimum Gasteiger partial charge on any atom is -0.359 e. The molecule has 0 saturated carbocycles. The topological polar surface area (TPSA) is 45.2 Å². The van der Waals surface area contributed by atoms with Gasteiger partial charge in [0.25, 0.3) is 5.91 Å². The molecule has 1 aliphatic heterocycles. The Balaban J connectivity index is 1.56. The van der Waals surface area contributed by atoms with Gasteiger partial charge in [-0.3, -0.25) is 4.79 Å². The Morgan fingerprint density at radius 3 is 2.96 bits per heavy atom. The van der Waals surface area contributed by atoms with E-state index < -0.39 is 0 Å². The van der Waals surface area contributed by atoms with Gasteiger partial charge in [0.1, 0.15) is 11.5 Å². The summed E-state index contributed by atoms with van der Waals surface area (Å²) in [6.07, 6.45) is 4.22. The summed E-state index contributed by atoms with van der Waals surface area (Å²) in [6.45, 7) is 0.976. The third-order valence-corrected chi connectivity index (χ3v) is 4.94. The van der Waals surface area contributed by atoms with Gasteiger partial charge >= 0.3 is 0 Å². The fourth-order valence-electron chi connectivity index (χ4n) is 3.66. The number of likely N-dealkylation sites (N-methyl/N-ethyl adjacent to an activating group) is 1. The second-order valence-electron chi connectivity index (χ2n) is 6.47. The fraction of sp³-hybridized carbons (Fsp3) is 0.368. The molecule has 4 nitrogen and oxygen atoms in total. The zero-order chi connectivity index (χ0) is 15.8. The van der Waals surface area contributed by atoms with Crippen LogP contribution in [0.4, 0.5) is 5.82 Å². The number of hydrogen-bond donors (Lipinski definition) is 1. The van der Waals surface area contributed by atoms with E-state index in [9.17, 15) is 4.79 Å². The minimum absolute atomic E-state index is 0.0743. The third kappa shape index (κ3) is 2.58. The van der Waals surface area contributed by atoms with Gasteiger partial charge in [0.05, 0.1) is 6.04 Å². The molecule has 0 saturated heterocycles. The van der Waals surface area contributed by atoms with Gasteiger partial charge in [-0.15, -0.1) is 0 Å². The Kier molecular flexibility index (Phi) is 3.52. The van der Waals surface area contributed by atoms with Crippen molar-refractivity contribution >= 4 is 11.7 Å². The number of aryl methyl sites for hydroxylation is 1. The van der Waals surface area contributed by atoms with Crippen molar-refractivity contribution in [2.75, 3.05) is 18.5 Å². The molecule has 0 spiro atoms. The van der Waals surface area contributed by atoms with E-state index in [2.05, 4.69) is 33.4 Å². The van der Waals surface area contributed by atoms with E-state index in [1.165, 1.54) is 16.7 Å². The lowest BCUT2D eigenvalue weighted by molar-refractivity contribution is 0.0928. The Labute approximate surface area is 136 Å². The van der Waals surface area contributed by atoms with Gasteiger partial charge < -0.3 is 10.2 Å². The molecule has 1 aliphatic carbocycles. The van der Waals surface area contributed by atoms with Crippen LogP contribution >= 0.6 is 0 Å². The summed E-state index contributed by atoms with van der Waals surface area (Å²) in [6, 6.07) is 12.4. The average Bonchev–Trinajstić information content (AvgIpc) is 2.96. The number of carbonyl (C=O) groups excluding carboxylic acids is 1. The predicted molar refractivity (Wildman–Crippen MR) is 90.8 cm³/mol. The van der Waals surface area contributed by atoms with E-state index in [0.717, 1.165) is 38.0 Å². The van der Waals surface area contributed by atoms with Crippen molar-refractivity contribution in [3.05, 3.63) is 58.8 Å². The largest absolute Gasteiger partial charge is 0.359 e. The van der Waals surface area contributed by atoms with Crippen LogP contribution < -0.4 is 10.2 Å². The molecule has 1 unspecified atom stereocenters. The van der Waals surface area contributed by atoms with Gasteiger partial charge in [0.2, 0.25) is 0 Å². The highest BCUT2D eigenvalue weighted by molar-refractivity contribution is 5.93. The molecule has 1 amide bonds. The first-order valence-electron chi connectivity index (χ1n) is 8.32. The quantitative estimate of drug-likeness (QED) is 0.928. The number of aromatic nitrogens is 1. The monoisotopic (exact) mass is 307 g/mol. The molecule has 1 aromatic carbocycles. The SMILES string of the molecule is CN1CCc2ccc(C(=O)NC3CCCc4ccccc43)nc21. The highest BCUT2D eigenvalue weighted by Crippen LogP contribution is 2.30. The van der Waals surface area contributed by atoms with Crippen LogP contribution in [0.1, 0.15) is 46.1 Å². The van der Waals surface area contributed by atoms with Gasteiger partial charge in [0, 0.05) is 13.6 Å². The van der Waals surface area contributed by atoms with Crippen LogP contribution in [0.15, 0.2) is 36.4 Å². The molecule has 1 atom stereocenters. The zero-order valence-corrected chi connectivity index (χ0v) is 13.4. The molecule has 4 rings (SSSR count). The number of pyridine rings is 1. The summed E-state index contributed by atoms with van der Waals surface area (Å²) in [7, 11) is 2.03. The molecule has 0 bridgehead atoms. The van der Waals surface area contributed by atoms with Crippen LogP contribution in [-0.2, 0) is 12.8 Å². The van der Waals surface area contributed by atoms with E-state index >= 15 is 0 Å². The summed E-state index contributed by atoms with van der Waals surface area (Å²) in [5.41, 5.74) is 4.35. The second kappa shape index (κ2) is 5.69. The van der Waals surface area contributed by atoms with Crippen LogP contribution in [-0.4, -0.2) is 24.5 Å². The molecule has 0 fully saturated rings. The fourth-order valence-corrected chi connectivity index (χ4v) is 3.66. The molecular formula is C19H21N3O. The third-order valence-electron chi connectivity index (χ3n) is 4.94. The number of nitrogens with zero attached hydrogens (tertiary/aromatic N) is 2. The number of hydrogen-bond acceptors (Lipinski definition) is 3. The summed E-state index contributed by atoms with van der Waals surface area (Å²) in [5, 5.41) is 3.18. The summed E-state index contributed by atoms with van der Waals surface area (Å²) < 4.78 is 0. The van der Waals surface area contributed by atoms with E-state index in [1.54, 1.807) is 0 Å². The van der Waals surface area contributed by atoms with E-state index in [4.69, 9.17) is 0 Å². The van der Waals surface area contributed by atoms with Crippen LogP contribution in [0, 0.1) is 0 Å². The summed E-state index contributed by atoms with van der Waals surface area (Å²) in [5.74, 6) is 0.872. The Hall–Kier alpha value is -2.36. The molecule has 1 N–H and O–H groups in total. The molecule has 4 heteroatoms. The number of carbonyl (C=O) groups is 1. The van der Waals surface area contributed by atoms with Crippen LogP contribution in [0.2, 0.25) is 0 Å². The van der Waals surface area contributed by atoms with Gasteiger partial charge in [-0.25, -0.2) is 4.98 Å². The first kappa shape index (κ1) is 14.2. The van der Waals surface area contributed by atoms with Gasteiger partial charge in [-0.05, 0) is 48.4 Å². The van der Waals surface area contributed by atoms with Crippen molar-refractivity contribution in [1.82, 2.24) is 10.3 Å². The molecule has 1 aromatic heterocycles. The minimum atomic E-state index is -0.0743. The number of benzene rings is 1. The highest BCUT2D eigenvalue weighted by atomic mass is 16.1. The Morgan fingerprint density at radius 2 is 2.04 bits per heavy atom. The van der Waals surface area contributed by atoms with Crippen LogP contribution in [0.3, 0.4) is 0 Å². The summed E-state index contributed by atoms with van der Waals surface area (Å²) in [4.78, 5) is 19.3. The molecule has 0 radical (unpaired) electrons. The van der Waals surface area contributed by atoms with E-state index in [-0.39, 0.29) is 11.9 Å². The van der Waals surface area contributed by atoms with E-state index in [0.29, 0.717) is 5.69 Å². The van der Waals surface area contributed by atoms with Crippen molar-refractivity contribution in [2.45, 2.75) is 31.7 Å². The van der Waals surface area contributed by atoms with Gasteiger partial charge in [-0.2, -0.15) is 0 Å². The number of fused-ring (bicyclic) bond motifs is 2. The molecule has 2 aliphatic rings. The van der Waals surface area contributed by atoms with Crippen molar-refractivity contribution in [2.24, 2.45) is 0 Å². The van der Waals surface area contributed by atoms with Crippen molar-refractivity contribution < 1.29 is 4.79 Å². The molecule has 118 valence electrons. The Morgan fingerprint density at radius 1 is 1.17 bits per heavy atom. The normalized spacial score (nSPS) is 19.2. The maximum atomic E-state index is 12.6. The first-order valence-corrected chi connectivity index (χ1v) is 8.32. The van der Waals surface area contributed by atoms with E-state index in [1.807, 2.05) is 25.2 Å². The lowest BCUT2D eigenvalue weighted by Gasteiger charge is -2.26. The molecule has 2 aromatic rings. The average molecular weight is 307 g/mol. The first-order chi connectivity index (χ1) is 11.2. The predicted octanol–water partition coefficient (Wildman–Crippen LogP) is 2.88. The lowest BCUT2D eigenvalue weighted by Crippen LogP contribution is -2.31. The van der Waals surface area contributed by atoms with Crippen molar-refractivity contribution in [3.63, 3.8) is 0 Å².